The van der Waals surface area contributed by atoms with Crippen molar-refractivity contribution in [3.63, 3.8) is 0 Å². The molecule has 0 amide bonds. The fourth-order valence-corrected chi connectivity index (χ4v) is 2.17. The Morgan fingerprint density at radius 2 is 1.79 bits per heavy atom. The highest BCUT2D eigenvalue weighted by Gasteiger charge is 2.00. The maximum absolute atomic E-state index is 12.8. The molecule has 0 heterocycles. The van der Waals surface area contributed by atoms with Crippen LogP contribution in [0.2, 0.25) is 0 Å². The van der Waals surface area contributed by atoms with Crippen LogP contribution in [0.1, 0.15) is 25.3 Å². The van der Waals surface area contributed by atoms with Gasteiger partial charge in [-0.2, -0.15) is 11.8 Å². The third kappa shape index (κ3) is 4.09. The highest BCUT2D eigenvalue weighted by Crippen LogP contribution is 2.16. The van der Waals surface area contributed by atoms with Gasteiger partial charge in [0.25, 0.3) is 0 Å². The van der Waals surface area contributed by atoms with E-state index in [4.69, 9.17) is 0 Å². The molecular formula is C11H14F2S. The zero-order valence-electron chi connectivity index (χ0n) is 8.22. The zero-order chi connectivity index (χ0) is 10.4. The fourth-order valence-electron chi connectivity index (χ4n) is 1.13. The van der Waals surface area contributed by atoms with Gasteiger partial charge < -0.3 is 0 Å². The molecule has 78 valence electrons. The average molecular weight is 216 g/mol. The maximum Gasteiger partial charge on any atom is 0.126 e. The third-order valence-electron chi connectivity index (χ3n) is 1.83. The molecule has 0 spiro atoms. The van der Waals surface area contributed by atoms with E-state index in [1.54, 1.807) is 11.8 Å². The molecule has 0 aromatic heterocycles. The molecule has 1 aromatic carbocycles. The number of unbranched alkanes of at least 4 members (excludes halogenated alkanes) is 1. The first kappa shape index (κ1) is 11.5. The Morgan fingerprint density at radius 1 is 1.14 bits per heavy atom. The van der Waals surface area contributed by atoms with Gasteiger partial charge >= 0.3 is 0 Å². The minimum Gasteiger partial charge on any atom is -0.207 e. The minimum atomic E-state index is -0.490. The zero-order valence-corrected chi connectivity index (χ0v) is 9.04. The van der Waals surface area contributed by atoms with Gasteiger partial charge in [-0.25, -0.2) is 8.78 Å². The highest BCUT2D eigenvalue weighted by molar-refractivity contribution is 7.98. The summed E-state index contributed by atoms with van der Waals surface area (Å²) >= 11 is 1.72. The summed E-state index contributed by atoms with van der Waals surface area (Å²) in [4.78, 5) is 0. The summed E-state index contributed by atoms with van der Waals surface area (Å²) in [5.41, 5.74) is 0.726. The van der Waals surface area contributed by atoms with Crippen molar-refractivity contribution in [2.75, 3.05) is 5.75 Å². The second kappa shape index (κ2) is 6.02. The van der Waals surface area contributed by atoms with Crippen LogP contribution >= 0.6 is 11.8 Å². The van der Waals surface area contributed by atoms with Crippen LogP contribution in [0.3, 0.4) is 0 Å². The molecule has 1 aromatic rings. The van der Waals surface area contributed by atoms with Crippen molar-refractivity contribution < 1.29 is 8.78 Å². The summed E-state index contributed by atoms with van der Waals surface area (Å²) < 4.78 is 25.5. The standard InChI is InChI=1S/C11H14F2S/c1-2-3-4-14-8-9-5-10(12)7-11(13)6-9/h5-7H,2-4,8H2,1H3. The normalized spacial score (nSPS) is 10.5. The first-order valence-electron chi connectivity index (χ1n) is 4.75. The quantitative estimate of drug-likeness (QED) is 0.670. The van der Waals surface area contributed by atoms with Gasteiger partial charge in [-0.05, 0) is 29.9 Å². The number of halogens is 2. The summed E-state index contributed by atoms with van der Waals surface area (Å²) in [5.74, 6) is 0.760. The molecule has 0 aliphatic heterocycles. The summed E-state index contributed by atoms with van der Waals surface area (Å²) in [6.45, 7) is 2.13. The van der Waals surface area contributed by atoms with Gasteiger partial charge in [0.2, 0.25) is 0 Å². The summed E-state index contributed by atoms with van der Waals surface area (Å²) in [5, 5.41) is 0. The van der Waals surface area contributed by atoms with E-state index < -0.39 is 11.6 Å². The molecular weight excluding hydrogens is 202 g/mol. The van der Waals surface area contributed by atoms with Crippen LogP contribution in [0.15, 0.2) is 18.2 Å². The van der Waals surface area contributed by atoms with Crippen LogP contribution in [0.4, 0.5) is 8.78 Å². The Kier molecular flexibility index (Phi) is 4.94. The number of hydrogen-bond acceptors (Lipinski definition) is 1. The van der Waals surface area contributed by atoms with E-state index in [-0.39, 0.29) is 0 Å². The Labute approximate surface area is 87.7 Å². The number of benzene rings is 1. The highest BCUT2D eigenvalue weighted by atomic mass is 32.2. The van der Waals surface area contributed by atoms with Gasteiger partial charge in [-0.3, -0.25) is 0 Å². The van der Waals surface area contributed by atoms with Crippen molar-refractivity contribution >= 4 is 11.8 Å². The lowest BCUT2D eigenvalue weighted by Crippen LogP contribution is -1.87. The van der Waals surface area contributed by atoms with E-state index in [1.165, 1.54) is 12.1 Å². The maximum atomic E-state index is 12.8. The number of hydrogen-bond donors (Lipinski definition) is 0. The summed E-state index contributed by atoms with van der Waals surface area (Å²) in [6.07, 6.45) is 2.31. The van der Waals surface area contributed by atoms with E-state index in [0.717, 1.165) is 30.2 Å². The SMILES string of the molecule is CCCCSCc1cc(F)cc(F)c1. The van der Waals surface area contributed by atoms with Crippen LogP contribution < -0.4 is 0 Å². The molecule has 0 atom stereocenters. The number of thioether (sulfide) groups is 1. The van der Waals surface area contributed by atoms with Crippen molar-refractivity contribution in [2.45, 2.75) is 25.5 Å². The van der Waals surface area contributed by atoms with Crippen molar-refractivity contribution in [1.82, 2.24) is 0 Å². The molecule has 0 nitrogen and oxygen atoms in total. The lowest BCUT2D eigenvalue weighted by molar-refractivity contribution is 0.581. The molecule has 0 aliphatic carbocycles. The first-order valence-corrected chi connectivity index (χ1v) is 5.90. The molecule has 0 saturated carbocycles. The first-order chi connectivity index (χ1) is 6.72. The molecule has 3 heteroatoms. The second-order valence-electron chi connectivity index (χ2n) is 3.18. The van der Waals surface area contributed by atoms with Crippen LogP contribution in [0.5, 0.6) is 0 Å². The second-order valence-corrected chi connectivity index (χ2v) is 4.29. The molecule has 0 bridgehead atoms. The van der Waals surface area contributed by atoms with E-state index in [1.807, 2.05) is 0 Å². The van der Waals surface area contributed by atoms with Crippen LogP contribution in [0, 0.1) is 11.6 Å². The fraction of sp³-hybridized carbons (Fsp3) is 0.455. The monoisotopic (exact) mass is 216 g/mol. The van der Waals surface area contributed by atoms with Gasteiger partial charge in [0, 0.05) is 11.8 Å². The Morgan fingerprint density at radius 3 is 2.36 bits per heavy atom. The van der Waals surface area contributed by atoms with Crippen molar-refractivity contribution in [1.29, 1.82) is 0 Å². The predicted molar refractivity (Wildman–Crippen MR) is 57.4 cm³/mol. The van der Waals surface area contributed by atoms with E-state index in [2.05, 4.69) is 6.92 Å². The van der Waals surface area contributed by atoms with Gasteiger partial charge in [0.05, 0.1) is 0 Å². The van der Waals surface area contributed by atoms with Crippen molar-refractivity contribution in [3.05, 3.63) is 35.4 Å². The molecule has 1 rings (SSSR count). The predicted octanol–water partition coefficient (Wildman–Crippen LogP) is 4.00. The largest absolute Gasteiger partial charge is 0.207 e. The van der Waals surface area contributed by atoms with Crippen molar-refractivity contribution in [2.24, 2.45) is 0 Å². The van der Waals surface area contributed by atoms with Crippen molar-refractivity contribution in [3.8, 4) is 0 Å². The molecule has 0 aliphatic rings. The summed E-state index contributed by atoms with van der Waals surface area (Å²) in [6, 6.07) is 3.68. The van der Waals surface area contributed by atoms with E-state index >= 15 is 0 Å². The Bertz CT molecular complexity index is 266. The van der Waals surface area contributed by atoms with E-state index in [0.29, 0.717) is 5.75 Å². The third-order valence-corrected chi connectivity index (χ3v) is 2.95. The van der Waals surface area contributed by atoms with Crippen LogP contribution in [0.25, 0.3) is 0 Å². The van der Waals surface area contributed by atoms with E-state index in [9.17, 15) is 8.78 Å². The van der Waals surface area contributed by atoms with Gasteiger partial charge in [-0.1, -0.05) is 13.3 Å². The minimum absolute atomic E-state index is 0.490. The topological polar surface area (TPSA) is 0 Å². The molecule has 0 saturated heterocycles. The van der Waals surface area contributed by atoms with Gasteiger partial charge in [-0.15, -0.1) is 0 Å². The molecule has 0 N–H and O–H groups in total. The van der Waals surface area contributed by atoms with Gasteiger partial charge in [0.1, 0.15) is 11.6 Å². The molecule has 14 heavy (non-hydrogen) atoms. The lowest BCUT2D eigenvalue weighted by atomic mass is 10.2. The molecule has 0 fully saturated rings. The average Bonchev–Trinajstić information content (AvgIpc) is 2.11. The van der Waals surface area contributed by atoms with Crippen LogP contribution in [-0.4, -0.2) is 5.75 Å². The lowest BCUT2D eigenvalue weighted by Gasteiger charge is -2.01. The summed E-state index contributed by atoms with van der Waals surface area (Å²) in [7, 11) is 0. The van der Waals surface area contributed by atoms with Crippen LogP contribution in [-0.2, 0) is 5.75 Å². The Balaban J connectivity index is 2.42. The van der Waals surface area contributed by atoms with Gasteiger partial charge in [0.15, 0.2) is 0 Å². The molecule has 0 unspecified atom stereocenters. The molecule has 0 radical (unpaired) electrons. The number of rotatable bonds is 5. The smallest absolute Gasteiger partial charge is 0.126 e. The Hall–Kier alpha value is -0.570.